The van der Waals surface area contributed by atoms with Gasteiger partial charge in [0.25, 0.3) is 0 Å². The number of likely N-dealkylation sites (N-methyl/N-ethyl adjacent to an activating group) is 1. The van der Waals surface area contributed by atoms with E-state index in [2.05, 4.69) is 43.9 Å². The molecule has 0 saturated carbocycles. The zero-order valence-corrected chi connectivity index (χ0v) is 27.6. The number of benzene rings is 2. The smallest absolute Gasteiger partial charge is 0.246 e. The van der Waals surface area contributed by atoms with Gasteiger partial charge >= 0.3 is 0 Å². The Morgan fingerprint density at radius 3 is 1.98 bits per heavy atom. The highest BCUT2D eigenvalue weighted by molar-refractivity contribution is 14.1. The fourth-order valence-electron chi connectivity index (χ4n) is 3.88. The largest absolute Gasteiger partial charge is 0.507 e. The van der Waals surface area contributed by atoms with Crippen LogP contribution < -0.4 is 21.3 Å². The minimum atomic E-state index is -0.755. The molecule has 13 nitrogen and oxygen atoms in total. The summed E-state index contributed by atoms with van der Waals surface area (Å²) in [6, 6.07) is 13.9. The topological polar surface area (TPSA) is 174 Å². The third-order valence-electron chi connectivity index (χ3n) is 6.18. The molecule has 248 valence electrons. The van der Waals surface area contributed by atoms with Crippen LogP contribution in [0.25, 0.3) is 0 Å². The Bertz CT molecular complexity index is 1190. The van der Waals surface area contributed by atoms with Gasteiger partial charge in [0.05, 0.1) is 43.2 Å². The van der Waals surface area contributed by atoms with Crippen LogP contribution in [0.5, 0.6) is 5.75 Å². The number of amides is 4. The lowest BCUT2D eigenvalue weighted by Crippen LogP contribution is -2.48. The van der Waals surface area contributed by atoms with Crippen LogP contribution >= 0.6 is 22.6 Å². The van der Waals surface area contributed by atoms with Crippen molar-refractivity contribution < 1.29 is 43.2 Å². The number of phenols is 1. The molecule has 0 radical (unpaired) electrons. The minimum Gasteiger partial charge on any atom is -0.507 e. The van der Waals surface area contributed by atoms with Crippen molar-refractivity contribution in [3.63, 3.8) is 0 Å². The van der Waals surface area contributed by atoms with Gasteiger partial charge in [-0.05, 0) is 52.3 Å². The molecule has 0 heterocycles. The summed E-state index contributed by atoms with van der Waals surface area (Å²) in [4.78, 5) is 48.2. The molecule has 0 aliphatic heterocycles. The van der Waals surface area contributed by atoms with E-state index in [-0.39, 0.29) is 43.9 Å². The average Bonchev–Trinajstić information content (AvgIpc) is 3.03. The normalized spacial score (nSPS) is 11.4. The molecule has 0 bridgehead atoms. The first-order chi connectivity index (χ1) is 21.8. The number of rotatable bonds is 23. The standard InChI is InChI=1S/C31H43IN4O9/c1-33-31(41)26(20-23-5-3-2-4-6-23)36-30(40)22-45-21-29(39)35-12-14-43-16-18-44-17-15-42-13-11-34-28(38)10-8-24-7-9-27(37)25(32)19-24/h2-7,9,19,26,37H,8,10-18,20-22H2,1H3,(H,33,41)(H,34,38)(H,35,39)(H,36,40)/t26-/m0/s1/i32-4. The molecule has 0 unspecified atom stereocenters. The summed E-state index contributed by atoms with van der Waals surface area (Å²) in [7, 11) is 1.50. The third kappa shape index (κ3) is 17.7. The molecule has 2 aromatic rings. The van der Waals surface area contributed by atoms with E-state index in [0.717, 1.165) is 14.7 Å². The molecule has 2 rings (SSSR count). The van der Waals surface area contributed by atoms with Crippen LogP contribution in [0.3, 0.4) is 0 Å². The van der Waals surface area contributed by atoms with E-state index < -0.39 is 17.9 Å². The molecule has 0 aliphatic carbocycles. The Morgan fingerprint density at radius 2 is 1.36 bits per heavy atom. The first-order valence-corrected chi connectivity index (χ1v) is 15.7. The van der Waals surface area contributed by atoms with E-state index in [4.69, 9.17) is 18.9 Å². The van der Waals surface area contributed by atoms with E-state index in [0.29, 0.717) is 58.8 Å². The quantitative estimate of drug-likeness (QED) is 0.0813. The molecule has 0 fully saturated rings. The lowest BCUT2D eigenvalue weighted by atomic mass is 10.1. The Hall–Kier alpha value is -3.31. The van der Waals surface area contributed by atoms with Gasteiger partial charge in [-0.2, -0.15) is 0 Å². The van der Waals surface area contributed by atoms with Gasteiger partial charge in [-0.1, -0.05) is 36.4 Å². The highest BCUT2D eigenvalue weighted by Crippen LogP contribution is 2.20. The Morgan fingerprint density at radius 1 is 0.756 bits per heavy atom. The van der Waals surface area contributed by atoms with Crippen molar-refractivity contribution in [3.8, 4) is 5.75 Å². The predicted molar refractivity (Wildman–Crippen MR) is 175 cm³/mol. The highest BCUT2D eigenvalue weighted by Gasteiger charge is 2.20. The van der Waals surface area contributed by atoms with Gasteiger partial charge in [-0.25, -0.2) is 0 Å². The van der Waals surface area contributed by atoms with Crippen LogP contribution in [0.2, 0.25) is 0 Å². The van der Waals surface area contributed by atoms with Crippen LogP contribution in [0, 0.1) is 3.57 Å². The number of aryl methyl sites for hydroxylation is 1. The molecule has 2 aromatic carbocycles. The predicted octanol–water partition coefficient (Wildman–Crippen LogP) is 0.702. The number of ether oxygens (including phenoxy) is 4. The molecule has 45 heavy (non-hydrogen) atoms. The number of aromatic hydroxyl groups is 1. The zero-order valence-electron chi connectivity index (χ0n) is 25.5. The average molecular weight is 739 g/mol. The van der Waals surface area contributed by atoms with Crippen LogP contribution in [0.1, 0.15) is 17.5 Å². The van der Waals surface area contributed by atoms with E-state index >= 15 is 0 Å². The van der Waals surface area contributed by atoms with Crippen LogP contribution in [-0.2, 0) is 51.0 Å². The first kappa shape index (κ1) is 37.9. The molecule has 14 heteroatoms. The molecule has 0 aliphatic rings. The summed E-state index contributed by atoms with van der Waals surface area (Å²) >= 11 is 2.05. The number of halogens is 1. The van der Waals surface area contributed by atoms with Crippen LogP contribution in [0.15, 0.2) is 48.5 Å². The Labute approximate surface area is 277 Å². The number of hydrogen-bond donors (Lipinski definition) is 5. The number of carbonyl (C=O) groups is 4. The molecule has 0 aromatic heterocycles. The highest BCUT2D eigenvalue weighted by atomic mass is 123. The molecule has 1 atom stereocenters. The van der Waals surface area contributed by atoms with Crippen molar-refractivity contribution >= 4 is 46.2 Å². The second-order valence-electron chi connectivity index (χ2n) is 9.74. The lowest BCUT2D eigenvalue weighted by Gasteiger charge is -2.17. The Balaban J connectivity index is 1.38. The number of nitrogens with one attached hydrogen (secondary N) is 4. The second-order valence-corrected chi connectivity index (χ2v) is 10.9. The molecule has 0 saturated heterocycles. The van der Waals surface area contributed by atoms with Crippen molar-refractivity contribution in [3.05, 3.63) is 63.2 Å². The summed E-state index contributed by atoms with van der Waals surface area (Å²) in [6.07, 6.45) is 1.29. The maximum Gasteiger partial charge on any atom is 0.246 e. The van der Waals surface area contributed by atoms with Crippen molar-refractivity contribution in [1.29, 1.82) is 0 Å². The van der Waals surface area contributed by atoms with Crippen molar-refractivity contribution in [2.75, 3.05) is 73.0 Å². The fraction of sp³-hybridized carbons (Fsp3) is 0.484. The molecule has 5 N–H and O–H groups in total. The van der Waals surface area contributed by atoms with Gasteiger partial charge in [0.2, 0.25) is 23.6 Å². The summed E-state index contributed by atoms with van der Waals surface area (Å²) in [6.45, 7) is 2.16. The molecule has 4 amide bonds. The monoisotopic (exact) mass is 738 g/mol. The van der Waals surface area contributed by atoms with E-state index in [1.807, 2.05) is 36.4 Å². The van der Waals surface area contributed by atoms with E-state index in [9.17, 15) is 24.3 Å². The summed E-state index contributed by atoms with van der Waals surface area (Å²) < 4.78 is 22.2. The SMILES string of the molecule is CNC(=O)[C@H](Cc1ccccc1)NC(=O)COCC(=O)NCCOCCOCCOCCNC(=O)CCc1ccc(O)c([123I])c1. The third-order valence-corrected chi connectivity index (χ3v) is 7.05. The molecular formula is C31H43IN4O9. The number of phenolic OH excluding ortho intramolecular Hbond substituents is 1. The lowest BCUT2D eigenvalue weighted by molar-refractivity contribution is -0.134. The van der Waals surface area contributed by atoms with Gasteiger partial charge in [0.15, 0.2) is 0 Å². The van der Waals surface area contributed by atoms with E-state index in [1.165, 1.54) is 7.05 Å². The minimum absolute atomic E-state index is 0.0615. The second kappa shape index (κ2) is 23.1. The first-order valence-electron chi connectivity index (χ1n) is 14.6. The van der Waals surface area contributed by atoms with Crippen LogP contribution in [0.4, 0.5) is 0 Å². The van der Waals surface area contributed by atoms with Gasteiger partial charge in [-0.15, -0.1) is 0 Å². The summed E-state index contributed by atoms with van der Waals surface area (Å²) in [5.74, 6) is -1.04. The maximum atomic E-state index is 12.2. The Kier molecular flexibility index (Phi) is 19.4. The van der Waals surface area contributed by atoms with Gasteiger partial charge in [-0.3, -0.25) is 19.2 Å². The molecular weight excluding hydrogens is 695 g/mol. The van der Waals surface area contributed by atoms with Crippen molar-refractivity contribution in [2.45, 2.75) is 25.3 Å². The van der Waals surface area contributed by atoms with Crippen molar-refractivity contribution in [2.24, 2.45) is 0 Å². The van der Waals surface area contributed by atoms with Crippen LogP contribution in [-0.4, -0.2) is 108 Å². The van der Waals surface area contributed by atoms with Gasteiger partial charge < -0.3 is 45.3 Å². The summed E-state index contributed by atoms with van der Waals surface area (Å²) in [5, 5.41) is 20.2. The number of carbonyl (C=O) groups excluding carboxylic acids is 4. The zero-order chi connectivity index (χ0) is 32.7. The molecule has 0 spiro atoms. The van der Waals surface area contributed by atoms with Crippen molar-refractivity contribution in [1.82, 2.24) is 21.3 Å². The van der Waals surface area contributed by atoms with Gasteiger partial charge in [0.1, 0.15) is 25.0 Å². The maximum absolute atomic E-state index is 12.2. The fourth-order valence-corrected chi connectivity index (χ4v) is 4.46. The summed E-state index contributed by atoms with van der Waals surface area (Å²) in [5.41, 5.74) is 1.89. The number of hydrogen-bond acceptors (Lipinski definition) is 9. The van der Waals surface area contributed by atoms with E-state index in [1.54, 1.807) is 12.1 Å². The van der Waals surface area contributed by atoms with Gasteiger partial charge in [0, 0.05) is 33.0 Å².